The molecule has 0 amide bonds. The molecule has 1 aliphatic heterocycles. The maximum Gasteiger partial charge on any atom is 0.156 e. The molecule has 1 heterocycles. The summed E-state index contributed by atoms with van der Waals surface area (Å²) in [5.74, 6) is -0.243. The first kappa shape index (κ1) is 13.3. The first-order valence-corrected chi connectivity index (χ1v) is 7.77. The number of sulfone groups is 1. The van der Waals surface area contributed by atoms with Crippen LogP contribution in [0.5, 0.6) is 5.75 Å². The number of hydrogen-bond donors (Lipinski definition) is 1. The van der Waals surface area contributed by atoms with Gasteiger partial charge in [0.1, 0.15) is 24.0 Å². The highest BCUT2D eigenvalue weighted by Gasteiger charge is 2.38. The van der Waals surface area contributed by atoms with Crippen LogP contribution in [0.2, 0.25) is 0 Å². The highest BCUT2D eigenvalue weighted by molar-refractivity contribution is 9.10. The van der Waals surface area contributed by atoms with Crippen molar-refractivity contribution in [2.75, 3.05) is 11.5 Å². The van der Waals surface area contributed by atoms with Gasteiger partial charge >= 0.3 is 0 Å². The lowest BCUT2D eigenvalue weighted by molar-refractivity contribution is 0.0736. The Morgan fingerprint density at radius 1 is 1.44 bits per heavy atom. The Labute approximate surface area is 113 Å². The molecule has 1 saturated heterocycles. The van der Waals surface area contributed by atoms with Gasteiger partial charge in [0.2, 0.25) is 0 Å². The van der Waals surface area contributed by atoms with E-state index in [1.165, 1.54) is 0 Å². The summed E-state index contributed by atoms with van der Waals surface area (Å²) < 4.78 is 28.8. The third kappa shape index (κ3) is 2.83. The summed E-state index contributed by atoms with van der Waals surface area (Å²) in [6.45, 7) is 0. The van der Waals surface area contributed by atoms with Gasteiger partial charge in [-0.2, -0.15) is 5.26 Å². The van der Waals surface area contributed by atoms with Crippen LogP contribution in [0, 0.1) is 11.3 Å². The second-order valence-electron chi connectivity index (χ2n) is 4.05. The number of nitriles is 1. The van der Waals surface area contributed by atoms with E-state index < -0.39 is 22.0 Å². The van der Waals surface area contributed by atoms with Crippen LogP contribution in [0.4, 0.5) is 0 Å². The third-order valence-electron chi connectivity index (χ3n) is 2.61. The second kappa shape index (κ2) is 4.88. The van der Waals surface area contributed by atoms with Crippen molar-refractivity contribution in [3.8, 4) is 11.8 Å². The van der Waals surface area contributed by atoms with Crippen LogP contribution in [0.15, 0.2) is 22.7 Å². The van der Waals surface area contributed by atoms with Crippen LogP contribution in [-0.2, 0) is 9.84 Å². The molecule has 2 unspecified atom stereocenters. The van der Waals surface area contributed by atoms with Crippen molar-refractivity contribution in [1.29, 1.82) is 5.26 Å². The average molecular weight is 332 g/mol. The van der Waals surface area contributed by atoms with Gasteiger partial charge in [-0.05, 0) is 18.2 Å². The first-order chi connectivity index (χ1) is 8.41. The molecule has 2 rings (SSSR count). The smallest absolute Gasteiger partial charge is 0.156 e. The molecule has 0 aliphatic carbocycles. The Morgan fingerprint density at radius 3 is 2.72 bits per heavy atom. The Morgan fingerprint density at radius 2 is 2.17 bits per heavy atom. The maximum absolute atomic E-state index is 11.3. The van der Waals surface area contributed by atoms with Crippen molar-refractivity contribution in [2.24, 2.45) is 0 Å². The lowest BCUT2D eigenvalue weighted by Gasteiger charge is -2.16. The SMILES string of the molecule is N#Cc1cc(Br)ccc1OC1CS(=O)(=O)CC1O. The zero-order valence-electron chi connectivity index (χ0n) is 9.21. The van der Waals surface area contributed by atoms with Crippen molar-refractivity contribution >= 4 is 25.8 Å². The van der Waals surface area contributed by atoms with E-state index in [0.717, 1.165) is 4.47 Å². The van der Waals surface area contributed by atoms with Crippen molar-refractivity contribution in [1.82, 2.24) is 0 Å². The van der Waals surface area contributed by atoms with Gasteiger partial charge in [-0.1, -0.05) is 15.9 Å². The summed E-state index contributed by atoms with van der Waals surface area (Å²) in [6, 6.07) is 6.79. The minimum Gasteiger partial charge on any atom is -0.485 e. The summed E-state index contributed by atoms with van der Waals surface area (Å²) >= 11 is 3.23. The molecule has 0 aromatic heterocycles. The molecule has 7 heteroatoms. The monoisotopic (exact) mass is 331 g/mol. The fraction of sp³-hybridized carbons (Fsp3) is 0.364. The first-order valence-electron chi connectivity index (χ1n) is 5.16. The highest BCUT2D eigenvalue weighted by Crippen LogP contribution is 2.26. The number of rotatable bonds is 2. The minimum atomic E-state index is -3.26. The highest BCUT2D eigenvalue weighted by atomic mass is 79.9. The summed E-state index contributed by atoms with van der Waals surface area (Å²) in [6.07, 6.45) is -1.87. The number of aliphatic hydroxyl groups excluding tert-OH is 1. The van der Waals surface area contributed by atoms with Crippen molar-refractivity contribution in [3.05, 3.63) is 28.2 Å². The fourth-order valence-electron chi connectivity index (χ4n) is 1.76. The summed E-state index contributed by atoms with van der Waals surface area (Å²) in [4.78, 5) is 0. The van der Waals surface area contributed by atoms with Crippen LogP contribution in [0.3, 0.4) is 0 Å². The Balaban J connectivity index is 2.23. The van der Waals surface area contributed by atoms with Crippen LogP contribution in [-0.4, -0.2) is 37.2 Å². The predicted octanol–water partition coefficient (Wildman–Crippen LogP) is 0.857. The number of hydrogen-bond acceptors (Lipinski definition) is 5. The topological polar surface area (TPSA) is 87.4 Å². The third-order valence-corrected chi connectivity index (χ3v) is 4.79. The van der Waals surface area contributed by atoms with Crippen molar-refractivity contribution in [3.63, 3.8) is 0 Å². The quantitative estimate of drug-likeness (QED) is 0.868. The van der Waals surface area contributed by atoms with Gasteiger partial charge in [-0.3, -0.25) is 0 Å². The second-order valence-corrected chi connectivity index (χ2v) is 7.12. The molecule has 1 aliphatic rings. The number of aliphatic hydroxyl groups is 1. The molecule has 0 saturated carbocycles. The Bertz CT molecular complexity index is 608. The number of nitrogens with zero attached hydrogens (tertiary/aromatic N) is 1. The molecule has 1 aromatic rings. The Kier molecular flexibility index (Phi) is 3.61. The van der Waals surface area contributed by atoms with E-state index in [1.54, 1.807) is 18.2 Å². The van der Waals surface area contributed by atoms with Crippen molar-refractivity contribution < 1.29 is 18.3 Å². The molecular formula is C11H10BrNO4S. The lowest BCUT2D eigenvalue weighted by Crippen LogP contribution is -2.30. The van der Waals surface area contributed by atoms with Crippen LogP contribution in [0.25, 0.3) is 0 Å². The zero-order valence-corrected chi connectivity index (χ0v) is 11.6. The molecule has 0 bridgehead atoms. The van der Waals surface area contributed by atoms with Gasteiger partial charge in [0, 0.05) is 4.47 Å². The summed E-state index contributed by atoms with van der Waals surface area (Å²) in [5.41, 5.74) is 0.292. The Hall–Kier alpha value is -1.10. The van der Waals surface area contributed by atoms with E-state index in [9.17, 15) is 13.5 Å². The van der Waals surface area contributed by atoms with Crippen LogP contribution in [0.1, 0.15) is 5.56 Å². The molecule has 1 aromatic carbocycles. The van der Waals surface area contributed by atoms with Gasteiger partial charge in [-0.15, -0.1) is 0 Å². The van der Waals surface area contributed by atoms with Gasteiger partial charge < -0.3 is 9.84 Å². The molecule has 96 valence electrons. The predicted molar refractivity (Wildman–Crippen MR) is 67.9 cm³/mol. The molecular weight excluding hydrogens is 322 g/mol. The van der Waals surface area contributed by atoms with Crippen molar-refractivity contribution in [2.45, 2.75) is 12.2 Å². The zero-order chi connectivity index (χ0) is 13.3. The number of ether oxygens (including phenoxy) is 1. The van der Waals surface area contributed by atoms with Crippen LogP contribution < -0.4 is 4.74 Å². The maximum atomic E-state index is 11.3. The average Bonchev–Trinajstić information content (AvgIpc) is 2.54. The molecule has 18 heavy (non-hydrogen) atoms. The van der Waals surface area contributed by atoms with Gasteiger partial charge in [0.05, 0.1) is 17.1 Å². The van der Waals surface area contributed by atoms with E-state index in [4.69, 9.17) is 10.00 Å². The van der Waals surface area contributed by atoms with Gasteiger partial charge in [-0.25, -0.2) is 8.42 Å². The molecule has 5 nitrogen and oxygen atoms in total. The summed E-state index contributed by atoms with van der Waals surface area (Å²) in [7, 11) is -3.26. The molecule has 1 fully saturated rings. The summed E-state index contributed by atoms with van der Waals surface area (Å²) in [5, 5.41) is 18.6. The lowest BCUT2D eigenvalue weighted by atomic mass is 10.2. The van der Waals surface area contributed by atoms with Gasteiger partial charge in [0.15, 0.2) is 9.84 Å². The number of halogens is 1. The molecule has 2 atom stereocenters. The van der Waals surface area contributed by atoms with E-state index in [-0.39, 0.29) is 17.3 Å². The normalized spacial score (nSPS) is 25.6. The van der Waals surface area contributed by atoms with E-state index in [2.05, 4.69) is 15.9 Å². The van der Waals surface area contributed by atoms with Gasteiger partial charge in [0.25, 0.3) is 0 Å². The number of benzene rings is 1. The fourth-order valence-corrected chi connectivity index (χ4v) is 3.79. The van der Waals surface area contributed by atoms with E-state index in [1.807, 2.05) is 6.07 Å². The van der Waals surface area contributed by atoms with E-state index >= 15 is 0 Å². The van der Waals surface area contributed by atoms with E-state index in [0.29, 0.717) is 5.56 Å². The standard InChI is InChI=1S/C11H10BrNO4S/c12-8-1-2-10(7(3-8)4-13)17-11-6-18(15,16)5-9(11)14/h1-3,9,11,14H,5-6H2. The minimum absolute atomic E-state index is 0.227. The molecule has 1 N–H and O–H groups in total. The van der Waals surface area contributed by atoms with Crippen LogP contribution >= 0.6 is 15.9 Å². The molecule has 0 spiro atoms. The largest absolute Gasteiger partial charge is 0.485 e. The molecule has 0 radical (unpaired) electrons.